The smallest absolute Gasteiger partial charge is 0.159 e. The van der Waals surface area contributed by atoms with E-state index in [9.17, 15) is 8.78 Å². The molecule has 2 aliphatic carbocycles. The zero-order valence-electron chi connectivity index (χ0n) is 17.2. The number of halogens is 2. The van der Waals surface area contributed by atoms with Crippen LogP contribution in [0.15, 0.2) is 59.8 Å². The number of benzene rings is 2. The van der Waals surface area contributed by atoms with E-state index in [1.165, 1.54) is 18.6 Å². The molecule has 1 saturated carbocycles. The van der Waals surface area contributed by atoms with Crippen LogP contribution in [0.3, 0.4) is 0 Å². The lowest BCUT2D eigenvalue weighted by Crippen LogP contribution is -2.31. The van der Waals surface area contributed by atoms with E-state index in [-0.39, 0.29) is 0 Å². The fraction of sp³-hybridized carbons (Fsp3) is 0.280. The minimum atomic E-state index is -0.850. The first kappa shape index (κ1) is 19.7. The maximum atomic E-state index is 14.2. The highest BCUT2D eigenvalue weighted by atomic mass is 19.2. The first-order valence-electron chi connectivity index (χ1n) is 10.5. The van der Waals surface area contributed by atoms with Crippen LogP contribution in [0.5, 0.6) is 0 Å². The third-order valence-corrected chi connectivity index (χ3v) is 6.52. The van der Waals surface area contributed by atoms with Crippen LogP contribution in [0, 0.1) is 17.6 Å². The molecule has 0 radical (unpaired) electrons. The molecule has 5 rings (SSSR count). The molecule has 1 N–H and O–H groups in total. The number of nitrogens with zero attached hydrogens (tertiary/aromatic N) is 2. The molecule has 1 heterocycles. The molecule has 0 aliphatic heterocycles. The molecule has 1 aromatic heterocycles. The zero-order valence-corrected chi connectivity index (χ0v) is 17.2. The van der Waals surface area contributed by atoms with Gasteiger partial charge in [0.05, 0.1) is 0 Å². The van der Waals surface area contributed by atoms with E-state index < -0.39 is 17.0 Å². The third kappa shape index (κ3) is 3.26. The fourth-order valence-electron chi connectivity index (χ4n) is 4.62. The number of aromatic amines is 1. The maximum Gasteiger partial charge on any atom is 0.159 e. The van der Waals surface area contributed by atoms with Crippen molar-refractivity contribution in [3.8, 4) is 0 Å². The Balaban J connectivity index is 1.62. The first-order chi connectivity index (χ1) is 15.1. The van der Waals surface area contributed by atoms with Gasteiger partial charge < -0.3 is 4.84 Å². The molecule has 0 saturated heterocycles. The average Bonchev–Trinajstić information content (AvgIpc) is 3.17. The lowest BCUT2D eigenvalue weighted by molar-refractivity contribution is 0.208. The number of H-pyrrole nitrogens is 1. The Kier molecular flexibility index (Phi) is 4.93. The lowest BCUT2D eigenvalue weighted by Gasteiger charge is -2.34. The summed E-state index contributed by atoms with van der Waals surface area (Å²) in [7, 11) is 1.55. The maximum absolute atomic E-state index is 14.2. The largest absolute Gasteiger partial charge is 0.399 e. The van der Waals surface area contributed by atoms with Crippen molar-refractivity contribution in [2.45, 2.75) is 31.1 Å². The molecular weight excluding hydrogens is 396 g/mol. The van der Waals surface area contributed by atoms with E-state index in [1.807, 2.05) is 36.4 Å². The summed E-state index contributed by atoms with van der Waals surface area (Å²) < 4.78 is 27.9. The number of allylic oxidation sites excluding steroid dienone is 1. The number of nitrogens with one attached hydrogen (secondary N) is 1. The van der Waals surface area contributed by atoms with Crippen LogP contribution in [0.25, 0.3) is 6.08 Å². The van der Waals surface area contributed by atoms with E-state index in [1.54, 1.807) is 13.2 Å². The molecule has 0 bridgehead atoms. The Morgan fingerprint density at radius 2 is 1.90 bits per heavy atom. The Labute approximate surface area is 179 Å². The van der Waals surface area contributed by atoms with E-state index in [2.05, 4.69) is 21.4 Å². The van der Waals surface area contributed by atoms with Gasteiger partial charge in [-0.2, -0.15) is 5.10 Å². The highest BCUT2D eigenvalue weighted by Gasteiger charge is 2.38. The van der Waals surface area contributed by atoms with Gasteiger partial charge in [0.2, 0.25) is 0 Å². The minimum Gasteiger partial charge on any atom is -0.399 e. The standard InChI is InChI=1S/C25H23F2N3O/c1-31-30-23(16-6-5-7-16)24-19-12-13-25(15-22(19)28-29-24,17-8-3-2-4-9-17)18-10-11-20(26)21(27)14-18/h2-4,8-14,16H,5-7,15H2,1H3,(H,28,29)/b30-23+. The summed E-state index contributed by atoms with van der Waals surface area (Å²) in [6.07, 6.45) is 7.99. The van der Waals surface area contributed by atoms with Gasteiger partial charge in [0.1, 0.15) is 18.5 Å². The van der Waals surface area contributed by atoms with Crippen LogP contribution < -0.4 is 0 Å². The topological polar surface area (TPSA) is 50.3 Å². The van der Waals surface area contributed by atoms with Crippen molar-refractivity contribution in [1.82, 2.24) is 10.2 Å². The molecule has 158 valence electrons. The van der Waals surface area contributed by atoms with Gasteiger partial charge in [-0.05, 0) is 36.1 Å². The van der Waals surface area contributed by atoms with Crippen molar-refractivity contribution < 1.29 is 13.6 Å². The van der Waals surface area contributed by atoms with Gasteiger partial charge in [0.15, 0.2) is 11.6 Å². The van der Waals surface area contributed by atoms with Crippen LogP contribution >= 0.6 is 0 Å². The Morgan fingerprint density at radius 1 is 1.10 bits per heavy atom. The summed E-state index contributed by atoms with van der Waals surface area (Å²) in [6, 6.07) is 14.0. The van der Waals surface area contributed by atoms with Crippen molar-refractivity contribution in [2.75, 3.05) is 7.11 Å². The zero-order chi connectivity index (χ0) is 21.4. The molecule has 0 spiro atoms. The molecule has 1 unspecified atom stereocenters. The SMILES string of the molecule is CO/N=C(/c1n[nH]c2c1C=CC(c1ccccc1)(c1ccc(F)c(F)c1)C2)C1CCC1. The predicted molar refractivity (Wildman–Crippen MR) is 116 cm³/mol. The molecule has 2 aromatic carbocycles. The van der Waals surface area contributed by atoms with Crippen molar-refractivity contribution in [1.29, 1.82) is 0 Å². The monoisotopic (exact) mass is 419 g/mol. The van der Waals surface area contributed by atoms with E-state index in [0.717, 1.165) is 41.1 Å². The second kappa shape index (κ2) is 7.76. The second-order valence-corrected chi connectivity index (χ2v) is 8.23. The van der Waals surface area contributed by atoms with Gasteiger partial charge in [-0.1, -0.05) is 60.1 Å². The predicted octanol–water partition coefficient (Wildman–Crippen LogP) is 5.39. The quantitative estimate of drug-likeness (QED) is 0.445. The molecule has 4 nitrogen and oxygen atoms in total. The van der Waals surface area contributed by atoms with Crippen LogP contribution in [-0.2, 0) is 16.7 Å². The molecule has 31 heavy (non-hydrogen) atoms. The number of fused-ring (bicyclic) bond motifs is 1. The summed E-state index contributed by atoms with van der Waals surface area (Å²) in [5, 5.41) is 12.0. The highest BCUT2D eigenvalue weighted by Crippen LogP contribution is 2.43. The summed E-state index contributed by atoms with van der Waals surface area (Å²) >= 11 is 0. The minimum absolute atomic E-state index is 0.354. The summed E-state index contributed by atoms with van der Waals surface area (Å²) in [6.45, 7) is 0. The van der Waals surface area contributed by atoms with Crippen molar-refractivity contribution >= 4 is 11.8 Å². The molecule has 1 fully saturated rings. The summed E-state index contributed by atoms with van der Waals surface area (Å²) in [5.74, 6) is -1.35. The molecule has 2 aliphatic rings. The third-order valence-electron chi connectivity index (χ3n) is 6.52. The number of aromatic nitrogens is 2. The van der Waals surface area contributed by atoms with Gasteiger partial charge in [0.25, 0.3) is 0 Å². The first-order valence-corrected chi connectivity index (χ1v) is 10.5. The summed E-state index contributed by atoms with van der Waals surface area (Å²) in [5.41, 5.74) is 4.66. The second-order valence-electron chi connectivity index (χ2n) is 8.23. The van der Waals surface area contributed by atoms with Gasteiger partial charge >= 0.3 is 0 Å². The number of hydrogen-bond donors (Lipinski definition) is 1. The van der Waals surface area contributed by atoms with Crippen molar-refractivity contribution in [2.24, 2.45) is 11.1 Å². The van der Waals surface area contributed by atoms with E-state index >= 15 is 0 Å². The number of rotatable bonds is 5. The number of oxime groups is 1. The van der Waals surface area contributed by atoms with E-state index in [4.69, 9.17) is 4.84 Å². The van der Waals surface area contributed by atoms with Gasteiger partial charge in [-0.15, -0.1) is 0 Å². The van der Waals surface area contributed by atoms with Crippen LogP contribution in [0.1, 0.15) is 47.3 Å². The average molecular weight is 419 g/mol. The normalized spacial score (nSPS) is 20.9. The fourth-order valence-corrected chi connectivity index (χ4v) is 4.62. The Morgan fingerprint density at radius 3 is 2.58 bits per heavy atom. The molecule has 3 aromatic rings. The van der Waals surface area contributed by atoms with Crippen LogP contribution in [-0.4, -0.2) is 23.0 Å². The highest BCUT2D eigenvalue weighted by molar-refractivity contribution is 6.04. The van der Waals surface area contributed by atoms with Gasteiger partial charge in [-0.25, -0.2) is 8.78 Å². The Bertz CT molecular complexity index is 1160. The van der Waals surface area contributed by atoms with Crippen molar-refractivity contribution in [3.63, 3.8) is 0 Å². The molecule has 1 atom stereocenters. The Hall–Kier alpha value is -3.28. The van der Waals surface area contributed by atoms with Crippen LogP contribution in [0.4, 0.5) is 8.78 Å². The summed E-state index contributed by atoms with van der Waals surface area (Å²) in [4.78, 5) is 5.11. The number of hydrogen-bond acceptors (Lipinski definition) is 3. The molecule has 0 amide bonds. The molecular formula is C25H23F2N3O. The van der Waals surface area contributed by atoms with E-state index in [0.29, 0.717) is 17.9 Å². The van der Waals surface area contributed by atoms with Gasteiger partial charge in [-0.3, -0.25) is 5.10 Å². The van der Waals surface area contributed by atoms with Gasteiger partial charge in [0, 0.05) is 29.0 Å². The lowest BCUT2D eigenvalue weighted by atomic mass is 9.68. The van der Waals surface area contributed by atoms with Crippen molar-refractivity contribution in [3.05, 3.63) is 94.3 Å². The van der Waals surface area contributed by atoms with Crippen LogP contribution in [0.2, 0.25) is 0 Å². The molecule has 6 heteroatoms.